The first-order chi connectivity index (χ1) is 7.68. The van der Waals surface area contributed by atoms with Crippen LogP contribution in [0.1, 0.15) is 65.2 Å². The van der Waals surface area contributed by atoms with Gasteiger partial charge in [-0.05, 0) is 41.6 Å². The topological polar surface area (TPSA) is 0 Å². The molecule has 0 aromatic rings. The van der Waals surface area contributed by atoms with Gasteiger partial charge in [0.25, 0.3) is 0 Å². The molecular weight excluding hydrogens is 298 g/mol. The Balaban J connectivity index is 0. The van der Waals surface area contributed by atoms with Crippen LogP contribution < -0.4 is 12.4 Å². The number of rotatable bonds is 11. The average molecular weight is 329 g/mol. The van der Waals surface area contributed by atoms with Crippen LogP contribution in [0.3, 0.4) is 0 Å². The van der Waals surface area contributed by atoms with E-state index in [0.717, 1.165) is 5.45 Å². The largest absolute Gasteiger partial charge is 1.00 e. The first-order valence-corrected chi connectivity index (χ1v) is 8.20. The summed E-state index contributed by atoms with van der Waals surface area (Å²) in [6.45, 7) is 7.25. The third-order valence-electron chi connectivity index (χ3n) is 3.39. The molecule has 0 atom stereocenters. The van der Waals surface area contributed by atoms with E-state index in [1.54, 1.807) is 0 Å². The van der Waals surface area contributed by atoms with Crippen molar-refractivity contribution < 1.29 is 16.9 Å². The number of alkyl halides is 1. The second kappa shape index (κ2) is 13.2. The first kappa shape index (κ1) is 20.1. The summed E-state index contributed by atoms with van der Waals surface area (Å²) < 4.78 is 1.22. The van der Waals surface area contributed by atoms with Gasteiger partial charge in [0.05, 0.1) is 20.1 Å². The van der Waals surface area contributed by atoms with Crippen molar-refractivity contribution >= 4 is 15.9 Å². The summed E-state index contributed by atoms with van der Waals surface area (Å²) in [7, 11) is 2.40. The predicted molar refractivity (Wildman–Crippen MR) is 78.0 cm³/mol. The highest BCUT2D eigenvalue weighted by atomic mass is 79.9. The van der Waals surface area contributed by atoms with E-state index in [1.165, 1.54) is 68.9 Å². The molecule has 0 aromatic carbocycles. The fraction of sp³-hybridized carbons (Fsp3) is 1.00. The van der Waals surface area contributed by atoms with E-state index in [1.807, 2.05) is 0 Å². The molecule has 0 saturated carbocycles. The molecule has 0 rings (SSSR count). The Morgan fingerprint density at radius 2 is 1.18 bits per heavy atom. The molecule has 106 valence electrons. The minimum atomic E-state index is 0. The maximum absolute atomic E-state index is 3.68. The van der Waals surface area contributed by atoms with Crippen molar-refractivity contribution in [3.63, 3.8) is 0 Å². The Kier molecular flexibility index (Phi) is 15.5. The second-order valence-electron chi connectivity index (χ2n) is 5.31. The summed E-state index contributed by atoms with van der Waals surface area (Å²) in [5.41, 5.74) is 1.12. The predicted octanol–water partition coefficient (Wildman–Crippen LogP) is 1.95. The third kappa shape index (κ3) is 11.5. The number of hydrogen-bond donors (Lipinski definition) is 0. The molecule has 0 heterocycles. The third-order valence-corrected chi connectivity index (χ3v) is 4.60. The zero-order valence-corrected chi connectivity index (χ0v) is 14.3. The summed E-state index contributed by atoms with van der Waals surface area (Å²) in [5.74, 6) is 0. The van der Waals surface area contributed by atoms with Crippen LogP contribution in [0.25, 0.3) is 0 Å². The SMILES string of the molecule is CCCCCC[N+](C)(CBr)CCCCCC.[Cl-]. The summed E-state index contributed by atoms with van der Waals surface area (Å²) in [4.78, 5) is 0. The number of halogens is 2. The molecule has 0 spiro atoms. The van der Waals surface area contributed by atoms with E-state index in [4.69, 9.17) is 0 Å². The highest BCUT2D eigenvalue weighted by Gasteiger charge is 2.18. The highest BCUT2D eigenvalue weighted by Crippen LogP contribution is 2.13. The average Bonchev–Trinajstić information content (AvgIpc) is 2.31. The molecule has 0 N–H and O–H groups in total. The van der Waals surface area contributed by atoms with Crippen LogP contribution in [-0.4, -0.2) is 30.1 Å². The summed E-state index contributed by atoms with van der Waals surface area (Å²) in [5, 5.41) is 0. The fourth-order valence-electron chi connectivity index (χ4n) is 2.07. The van der Waals surface area contributed by atoms with Crippen molar-refractivity contribution in [1.29, 1.82) is 0 Å². The minimum Gasteiger partial charge on any atom is -1.00 e. The Bertz CT molecular complexity index is 141. The Morgan fingerprint density at radius 1 is 0.765 bits per heavy atom. The quantitative estimate of drug-likeness (QED) is 0.235. The van der Waals surface area contributed by atoms with E-state index in [-0.39, 0.29) is 12.4 Å². The summed E-state index contributed by atoms with van der Waals surface area (Å²) in [6.07, 6.45) is 11.1. The van der Waals surface area contributed by atoms with Gasteiger partial charge in [-0.25, -0.2) is 0 Å². The molecule has 0 aromatic heterocycles. The van der Waals surface area contributed by atoms with Gasteiger partial charge < -0.3 is 16.9 Å². The number of quaternary nitrogens is 1. The van der Waals surface area contributed by atoms with E-state index < -0.39 is 0 Å². The van der Waals surface area contributed by atoms with Gasteiger partial charge in [-0.3, -0.25) is 0 Å². The van der Waals surface area contributed by atoms with E-state index in [9.17, 15) is 0 Å². The normalized spacial score (nSPS) is 11.3. The van der Waals surface area contributed by atoms with Crippen LogP contribution in [0.5, 0.6) is 0 Å². The Labute approximate surface area is 123 Å². The lowest BCUT2D eigenvalue weighted by molar-refractivity contribution is -0.896. The maximum Gasteiger partial charge on any atom is 0.134 e. The molecular formula is C14H31BrClN. The van der Waals surface area contributed by atoms with Crippen molar-refractivity contribution in [3.05, 3.63) is 0 Å². The summed E-state index contributed by atoms with van der Waals surface area (Å²) in [6, 6.07) is 0. The van der Waals surface area contributed by atoms with Crippen LogP contribution in [0.2, 0.25) is 0 Å². The van der Waals surface area contributed by atoms with Crippen molar-refractivity contribution in [3.8, 4) is 0 Å². The van der Waals surface area contributed by atoms with Gasteiger partial charge >= 0.3 is 0 Å². The number of unbranched alkanes of at least 4 members (excludes halogenated alkanes) is 6. The van der Waals surface area contributed by atoms with Crippen LogP contribution in [-0.2, 0) is 0 Å². The molecule has 17 heavy (non-hydrogen) atoms. The molecule has 0 aliphatic carbocycles. The highest BCUT2D eigenvalue weighted by molar-refractivity contribution is 9.09. The number of hydrogen-bond acceptors (Lipinski definition) is 0. The van der Waals surface area contributed by atoms with Crippen LogP contribution in [0, 0.1) is 0 Å². The Morgan fingerprint density at radius 3 is 1.47 bits per heavy atom. The van der Waals surface area contributed by atoms with Crippen molar-refractivity contribution in [2.45, 2.75) is 65.2 Å². The van der Waals surface area contributed by atoms with Crippen molar-refractivity contribution in [2.75, 3.05) is 25.6 Å². The standard InChI is InChI=1S/C14H31BrN.ClH/c1-4-6-8-10-12-16(3,14-15)13-11-9-7-5-2;/h4-14H2,1-3H3;1H/q+1;/p-1. The van der Waals surface area contributed by atoms with E-state index >= 15 is 0 Å². The second-order valence-corrected chi connectivity index (χ2v) is 5.81. The van der Waals surface area contributed by atoms with Crippen LogP contribution in [0.15, 0.2) is 0 Å². The monoisotopic (exact) mass is 327 g/mol. The van der Waals surface area contributed by atoms with Gasteiger partial charge in [-0.1, -0.05) is 39.5 Å². The van der Waals surface area contributed by atoms with Crippen LogP contribution >= 0.6 is 15.9 Å². The molecule has 0 aliphatic heterocycles. The van der Waals surface area contributed by atoms with E-state index in [2.05, 4.69) is 36.8 Å². The molecule has 0 aliphatic rings. The molecule has 0 radical (unpaired) electrons. The lowest BCUT2D eigenvalue weighted by Gasteiger charge is -2.32. The molecule has 3 heteroatoms. The van der Waals surface area contributed by atoms with Crippen LogP contribution in [0.4, 0.5) is 0 Å². The molecule has 0 unspecified atom stereocenters. The minimum absolute atomic E-state index is 0. The van der Waals surface area contributed by atoms with E-state index in [0.29, 0.717) is 0 Å². The van der Waals surface area contributed by atoms with Gasteiger partial charge in [0.1, 0.15) is 5.45 Å². The zero-order chi connectivity index (χ0) is 12.3. The molecule has 0 amide bonds. The molecule has 0 saturated heterocycles. The smallest absolute Gasteiger partial charge is 0.134 e. The van der Waals surface area contributed by atoms with Gasteiger partial charge in [0.15, 0.2) is 0 Å². The zero-order valence-electron chi connectivity index (χ0n) is 12.0. The van der Waals surface area contributed by atoms with Gasteiger partial charge in [-0.15, -0.1) is 0 Å². The van der Waals surface area contributed by atoms with Crippen molar-refractivity contribution in [2.24, 2.45) is 0 Å². The fourth-order valence-corrected chi connectivity index (χ4v) is 2.57. The van der Waals surface area contributed by atoms with Gasteiger partial charge in [-0.2, -0.15) is 0 Å². The van der Waals surface area contributed by atoms with Gasteiger partial charge in [0, 0.05) is 0 Å². The van der Waals surface area contributed by atoms with Crippen molar-refractivity contribution in [1.82, 2.24) is 0 Å². The number of nitrogens with zero attached hydrogens (tertiary/aromatic N) is 1. The Hall–Kier alpha value is 0.730. The molecule has 0 bridgehead atoms. The lowest BCUT2D eigenvalue weighted by Crippen LogP contribution is -3.00. The summed E-state index contributed by atoms with van der Waals surface area (Å²) >= 11 is 3.68. The maximum atomic E-state index is 3.68. The lowest BCUT2D eigenvalue weighted by atomic mass is 10.1. The molecule has 1 nitrogen and oxygen atoms in total. The first-order valence-electron chi connectivity index (χ1n) is 7.08. The van der Waals surface area contributed by atoms with Gasteiger partial charge in [0.2, 0.25) is 0 Å². The molecule has 0 fully saturated rings.